The minimum Gasteiger partial charge on any atom is -0.508 e. The van der Waals surface area contributed by atoms with E-state index in [0.717, 1.165) is 5.69 Å². The first-order chi connectivity index (χ1) is 19.4. The van der Waals surface area contributed by atoms with Gasteiger partial charge in [-0.1, -0.05) is 6.07 Å². The quantitative estimate of drug-likeness (QED) is 0.274. The topological polar surface area (TPSA) is 170 Å². The Labute approximate surface area is 234 Å². The van der Waals surface area contributed by atoms with Crippen LogP contribution in [-0.2, 0) is 16.0 Å². The smallest absolute Gasteiger partial charge is 0.255 e. The number of fused-ring (bicyclic) bond motifs is 5. The van der Waals surface area contributed by atoms with Gasteiger partial charge < -0.3 is 30.4 Å². The zero-order valence-corrected chi connectivity index (χ0v) is 22.8. The lowest BCUT2D eigenvalue weighted by Crippen LogP contribution is -2.64. The molecule has 0 spiro atoms. The van der Waals surface area contributed by atoms with Crippen molar-refractivity contribution in [3.8, 4) is 17.2 Å². The Morgan fingerprint density at radius 1 is 1.07 bits per heavy atom. The van der Waals surface area contributed by atoms with Gasteiger partial charge in [0.25, 0.3) is 5.91 Å². The van der Waals surface area contributed by atoms with Crippen molar-refractivity contribution < 1.29 is 34.1 Å². The number of hydrogen-bond donors (Lipinski definition) is 4. The van der Waals surface area contributed by atoms with Crippen LogP contribution in [0.1, 0.15) is 15.9 Å². The number of aromatic nitrogens is 1. The summed E-state index contributed by atoms with van der Waals surface area (Å²) in [6.45, 7) is 0. The number of oxazole rings is 1. The van der Waals surface area contributed by atoms with Crippen LogP contribution in [0.15, 0.2) is 58.2 Å². The van der Waals surface area contributed by atoms with Gasteiger partial charge in [-0.05, 0) is 67.9 Å². The molecule has 0 bridgehead atoms. The minimum atomic E-state index is -2.67. The van der Waals surface area contributed by atoms with Gasteiger partial charge in [0.1, 0.15) is 22.6 Å². The summed E-state index contributed by atoms with van der Waals surface area (Å²) in [5, 5.41) is 35.0. The largest absolute Gasteiger partial charge is 0.508 e. The second-order valence-electron chi connectivity index (χ2n) is 11.0. The first-order valence-electron chi connectivity index (χ1n) is 12.9. The number of aromatic hydroxyl groups is 1. The van der Waals surface area contributed by atoms with Crippen LogP contribution >= 0.6 is 0 Å². The Morgan fingerprint density at radius 2 is 1.76 bits per heavy atom. The standard InChI is InChI=1S/C30H28N4O7/c1-33(2)16-8-5-13(6-9-16)29-32-18-10-7-14-11-15-12-17-22(34(3)4)24(36)21(28(31)39)27(38)30(17,40)26(37)20(15)23(35)19(14)25(18)41-29/h5-11,17,22,35,38,40H,12H2,1-4H3,(H2,31,39)/t17?,22-,30-/m0/s1. The Bertz CT molecular complexity index is 1840. The molecule has 2 aliphatic rings. The molecule has 0 fully saturated rings. The highest BCUT2D eigenvalue weighted by Gasteiger charge is 2.62. The molecule has 5 N–H and O–H groups in total. The molecule has 41 heavy (non-hydrogen) atoms. The number of rotatable bonds is 4. The molecule has 3 atom stereocenters. The number of nitrogens with zero attached hydrogens (tertiary/aromatic N) is 3. The van der Waals surface area contributed by atoms with Gasteiger partial charge in [-0.15, -0.1) is 0 Å². The summed E-state index contributed by atoms with van der Waals surface area (Å²) < 4.78 is 6.11. The van der Waals surface area contributed by atoms with Crippen molar-refractivity contribution in [1.29, 1.82) is 0 Å². The van der Waals surface area contributed by atoms with E-state index in [2.05, 4.69) is 4.98 Å². The van der Waals surface area contributed by atoms with Crippen LogP contribution in [0.5, 0.6) is 5.75 Å². The number of phenols is 1. The summed E-state index contributed by atoms with van der Waals surface area (Å²) >= 11 is 0. The number of aliphatic hydroxyl groups excluding tert-OH is 1. The summed E-state index contributed by atoms with van der Waals surface area (Å²) in [7, 11) is 6.99. The fraction of sp³-hybridized carbons (Fsp3) is 0.267. The molecule has 0 saturated carbocycles. The molecule has 1 aromatic heterocycles. The van der Waals surface area contributed by atoms with E-state index in [-0.39, 0.29) is 23.0 Å². The number of phenolic OH excluding ortho intramolecular Hbond substituents is 1. The molecule has 210 valence electrons. The van der Waals surface area contributed by atoms with Gasteiger partial charge in [-0.2, -0.15) is 0 Å². The van der Waals surface area contributed by atoms with E-state index in [9.17, 15) is 29.7 Å². The zero-order chi connectivity index (χ0) is 29.5. The summed E-state index contributed by atoms with van der Waals surface area (Å²) in [5.74, 6) is -5.49. The predicted molar refractivity (Wildman–Crippen MR) is 151 cm³/mol. The van der Waals surface area contributed by atoms with Gasteiger partial charge in [0.05, 0.1) is 17.0 Å². The molecule has 0 saturated heterocycles. The number of anilines is 1. The van der Waals surface area contributed by atoms with Crippen molar-refractivity contribution in [3.63, 3.8) is 0 Å². The Balaban J connectivity index is 1.56. The highest BCUT2D eigenvalue weighted by atomic mass is 16.4. The van der Waals surface area contributed by atoms with Gasteiger partial charge in [0.2, 0.25) is 11.7 Å². The number of primary amides is 1. The molecular formula is C30H28N4O7. The maximum atomic E-state index is 14.0. The number of carbonyl (C=O) groups excluding carboxylic acids is 3. The maximum Gasteiger partial charge on any atom is 0.255 e. The lowest BCUT2D eigenvalue weighted by atomic mass is 9.62. The fourth-order valence-electron chi connectivity index (χ4n) is 6.19. The molecule has 0 aliphatic heterocycles. The molecule has 0 radical (unpaired) electrons. The monoisotopic (exact) mass is 556 g/mol. The average molecular weight is 557 g/mol. The average Bonchev–Trinajstić information content (AvgIpc) is 3.35. The molecule has 3 aromatic carbocycles. The van der Waals surface area contributed by atoms with Gasteiger partial charge in [-0.3, -0.25) is 19.3 Å². The normalized spacial score (nSPS) is 22.4. The second-order valence-corrected chi connectivity index (χ2v) is 11.0. The van der Waals surface area contributed by atoms with Crippen LogP contribution in [0.2, 0.25) is 0 Å². The SMILES string of the molecule is CN(C)c1ccc(-c2nc3ccc4cc5c(c(O)c4c3o2)C(=O)[C@]2(O)C(O)=C(C(N)=O)C(=O)[C@@H](N(C)C)C2C5)cc1. The Morgan fingerprint density at radius 3 is 2.37 bits per heavy atom. The van der Waals surface area contributed by atoms with E-state index in [1.165, 1.54) is 4.90 Å². The lowest BCUT2D eigenvalue weighted by Gasteiger charge is -2.47. The minimum absolute atomic E-state index is 0.0519. The Hall–Kier alpha value is -4.74. The number of benzene rings is 3. The highest BCUT2D eigenvalue weighted by molar-refractivity contribution is 6.25. The summed E-state index contributed by atoms with van der Waals surface area (Å²) in [5.41, 5.74) is 4.40. The third-order valence-electron chi connectivity index (χ3n) is 8.19. The van der Waals surface area contributed by atoms with Crippen molar-refractivity contribution in [1.82, 2.24) is 9.88 Å². The van der Waals surface area contributed by atoms with E-state index >= 15 is 0 Å². The molecular weight excluding hydrogens is 528 g/mol. The van der Waals surface area contributed by atoms with Crippen LogP contribution in [-0.4, -0.2) is 82.5 Å². The van der Waals surface area contributed by atoms with Gasteiger partial charge in [0.15, 0.2) is 17.0 Å². The molecule has 2 aliphatic carbocycles. The lowest BCUT2D eigenvalue weighted by molar-refractivity contribution is -0.132. The van der Waals surface area contributed by atoms with Crippen molar-refractivity contribution in [2.75, 3.05) is 33.1 Å². The van der Waals surface area contributed by atoms with Gasteiger partial charge in [0, 0.05) is 31.3 Å². The number of aliphatic hydroxyl groups is 2. The fourth-order valence-corrected chi connectivity index (χ4v) is 6.19. The molecule has 4 aromatic rings. The molecule has 1 amide bonds. The van der Waals surface area contributed by atoms with Gasteiger partial charge >= 0.3 is 0 Å². The number of likely N-dealkylation sites (N-methyl/N-ethyl adjacent to an activating group) is 1. The van der Waals surface area contributed by atoms with E-state index in [0.29, 0.717) is 27.9 Å². The molecule has 1 unspecified atom stereocenters. The molecule has 11 heteroatoms. The van der Waals surface area contributed by atoms with Crippen LogP contribution in [0.4, 0.5) is 5.69 Å². The van der Waals surface area contributed by atoms with E-state index in [1.54, 1.807) is 32.3 Å². The maximum absolute atomic E-state index is 14.0. The molecule has 6 rings (SSSR count). The van der Waals surface area contributed by atoms with Gasteiger partial charge in [-0.25, -0.2) is 4.98 Å². The first kappa shape index (κ1) is 26.5. The Kier molecular flexibility index (Phi) is 5.74. The summed E-state index contributed by atoms with van der Waals surface area (Å²) in [6.07, 6.45) is -0.0519. The summed E-state index contributed by atoms with van der Waals surface area (Å²) in [6, 6.07) is 11.6. The van der Waals surface area contributed by atoms with E-state index in [4.69, 9.17) is 10.2 Å². The molecule has 1 heterocycles. The van der Waals surface area contributed by atoms with Crippen molar-refractivity contribution in [2.24, 2.45) is 11.7 Å². The van der Waals surface area contributed by atoms with Crippen LogP contribution in [0.3, 0.4) is 0 Å². The van der Waals surface area contributed by atoms with Crippen molar-refractivity contribution >= 4 is 45.0 Å². The van der Waals surface area contributed by atoms with E-state index in [1.807, 2.05) is 43.3 Å². The number of hydrogen-bond acceptors (Lipinski definition) is 10. The number of carbonyl (C=O) groups is 3. The third kappa shape index (κ3) is 3.59. The second kappa shape index (κ2) is 8.88. The molecule has 11 nitrogen and oxygen atoms in total. The predicted octanol–water partition coefficient (Wildman–Crippen LogP) is 2.32. The third-order valence-corrected chi connectivity index (χ3v) is 8.19. The van der Waals surface area contributed by atoms with Crippen molar-refractivity contribution in [2.45, 2.75) is 18.1 Å². The zero-order valence-electron chi connectivity index (χ0n) is 22.8. The van der Waals surface area contributed by atoms with Crippen LogP contribution in [0, 0.1) is 5.92 Å². The first-order valence-corrected chi connectivity index (χ1v) is 12.9. The number of Topliss-reactive ketones (excluding diaryl/α,β-unsaturated/α-hetero) is 2. The summed E-state index contributed by atoms with van der Waals surface area (Å²) in [4.78, 5) is 47.3. The van der Waals surface area contributed by atoms with Crippen LogP contribution in [0.25, 0.3) is 33.3 Å². The van der Waals surface area contributed by atoms with E-state index < -0.39 is 52.1 Å². The number of ketones is 2. The van der Waals surface area contributed by atoms with Crippen molar-refractivity contribution in [3.05, 3.63) is 64.9 Å². The van der Waals surface area contributed by atoms with Crippen LogP contribution < -0.4 is 10.6 Å². The highest BCUT2D eigenvalue weighted by Crippen LogP contribution is 2.49. The number of amides is 1. The number of nitrogens with two attached hydrogens (primary N) is 1.